The first kappa shape index (κ1) is 20.3. The first-order valence-electron chi connectivity index (χ1n) is 10.5. The number of halogens is 1. The van der Waals surface area contributed by atoms with Crippen molar-refractivity contribution in [1.82, 2.24) is 40.1 Å². The Kier molecular flexibility index (Phi) is 5.36. The van der Waals surface area contributed by atoms with Crippen LogP contribution in [-0.4, -0.2) is 40.1 Å². The summed E-state index contributed by atoms with van der Waals surface area (Å²) < 4.78 is 2.08. The molecule has 9 heteroatoms. The van der Waals surface area contributed by atoms with Crippen LogP contribution in [0.4, 0.5) is 0 Å². The smallest absolute Gasteiger partial charge is 0.205 e. The Balaban J connectivity index is 1.61. The minimum atomic E-state index is 0.384. The summed E-state index contributed by atoms with van der Waals surface area (Å²) in [4.78, 5) is 13.7. The van der Waals surface area contributed by atoms with Gasteiger partial charge in [0.25, 0.3) is 0 Å². The van der Waals surface area contributed by atoms with E-state index in [1.165, 1.54) is 0 Å². The molecule has 3 aromatic heterocycles. The van der Waals surface area contributed by atoms with Gasteiger partial charge >= 0.3 is 0 Å². The molecule has 0 spiro atoms. The lowest BCUT2D eigenvalue weighted by Gasteiger charge is -2.11. The van der Waals surface area contributed by atoms with Crippen molar-refractivity contribution in [3.8, 4) is 28.2 Å². The van der Waals surface area contributed by atoms with Crippen molar-refractivity contribution in [3.05, 3.63) is 65.3 Å². The molecule has 0 aliphatic rings. The van der Waals surface area contributed by atoms with Gasteiger partial charge in [0.2, 0.25) is 5.82 Å². The topological polar surface area (TPSA) is 98.1 Å². The number of aryl methyl sites for hydroxylation is 2. The number of fused-ring (bicyclic) bond motifs is 1. The fraction of sp³-hybridized carbons (Fsp3) is 0.217. The van der Waals surface area contributed by atoms with Crippen molar-refractivity contribution in [1.29, 1.82) is 0 Å². The van der Waals surface area contributed by atoms with Gasteiger partial charge in [-0.3, -0.25) is 4.57 Å². The van der Waals surface area contributed by atoms with Crippen LogP contribution in [0.2, 0.25) is 5.15 Å². The van der Waals surface area contributed by atoms with Crippen LogP contribution < -0.4 is 0 Å². The number of imidazole rings is 1. The maximum absolute atomic E-state index is 6.39. The molecular weight excluding hydrogens is 424 g/mol. The highest BCUT2D eigenvalue weighted by atomic mass is 35.5. The van der Waals surface area contributed by atoms with E-state index in [2.05, 4.69) is 72.4 Å². The first-order valence-corrected chi connectivity index (χ1v) is 10.9. The third kappa shape index (κ3) is 3.62. The third-order valence-electron chi connectivity index (χ3n) is 5.35. The summed E-state index contributed by atoms with van der Waals surface area (Å²) in [5.41, 5.74) is 5.35. The van der Waals surface area contributed by atoms with Crippen LogP contribution in [0, 0.1) is 6.92 Å². The standard InChI is InChI=1S/C23H21ClN8/c1-3-4-9-19-27-20-21(24)25-14(2)26-23(20)32(19)16-12-10-15(11-13-16)17-7-5-6-8-18(17)22-28-30-31-29-22/h5-8,10-13H,3-4,9H2,1-2H3,(H,28,29,30,31). The molecule has 0 amide bonds. The average Bonchev–Trinajstić information content (AvgIpc) is 3.46. The maximum atomic E-state index is 6.39. The second-order valence-electron chi connectivity index (χ2n) is 7.53. The molecule has 0 fully saturated rings. The fourth-order valence-corrected chi connectivity index (χ4v) is 4.09. The number of tetrazole rings is 1. The summed E-state index contributed by atoms with van der Waals surface area (Å²) in [6.45, 7) is 4.01. The zero-order valence-corrected chi connectivity index (χ0v) is 18.5. The van der Waals surface area contributed by atoms with Crippen molar-refractivity contribution >= 4 is 22.8 Å². The monoisotopic (exact) mass is 444 g/mol. The normalized spacial score (nSPS) is 11.3. The molecule has 0 bridgehead atoms. The highest BCUT2D eigenvalue weighted by Crippen LogP contribution is 2.31. The van der Waals surface area contributed by atoms with Crippen LogP contribution in [0.3, 0.4) is 0 Å². The van der Waals surface area contributed by atoms with Crippen LogP contribution >= 0.6 is 11.6 Å². The van der Waals surface area contributed by atoms with Gasteiger partial charge in [-0.1, -0.05) is 61.3 Å². The number of nitrogens with zero attached hydrogens (tertiary/aromatic N) is 7. The molecule has 0 aliphatic carbocycles. The lowest BCUT2D eigenvalue weighted by atomic mass is 9.99. The van der Waals surface area contributed by atoms with Crippen LogP contribution in [-0.2, 0) is 6.42 Å². The largest absolute Gasteiger partial charge is 0.281 e. The SMILES string of the molecule is CCCCc1nc2c(Cl)nc(C)nc2n1-c1ccc(-c2ccccc2-c2nn[nH]n2)cc1. The minimum absolute atomic E-state index is 0.384. The summed E-state index contributed by atoms with van der Waals surface area (Å²) >= 11 is 6.39. The molecule has 0 radical (unpaired) electrons. The maximum Gasteiger partial charge on any atom is 0.205 e. The van der Waals surface area contributed by atoms with Gasteiger partial charge in [0.15, 0.2) is 10.8 Å². The van der Waals surface area contributed by atoms with Crippen LogP contribution in [0.15, 0.2) is 48.5 Å². The molecular formula is C23H21ClN8. The van der Waals surface area contributed by atoms with Crippen molar-refractivity contribution < 1.29 is 0 Å². The molecule has 0 saturated carbocycles. The zero-order valence-electron chi connectivity index (χ0n) is 17.7. The average molecular weight is 445 g/mol. The molecule has 0 unspecified atom stereocenters. The van der Waals surface area contributed by atoms with E-state index in [1.54, 1.807) is 0 Å². The number of aromatic amines is 1. The van der Waals surface area contributed by atoms with Gasteiger partial charge in [-0.05, 0) is 41.8 Å². The van der Waals surface area contributed by atoms with E-state index in [9.17, 15) is 0 Å². The molecule has 32 heavy (non-hydrogen) atoms. The van der Waals surface area contributed by atoms with Gasteiger partial charge in [0.1, 0.15) is 17.2 Å². The third-order valence-corrected chi connectivity index (χ3v) is 5.61. The minimum Gasteiger partial charge on any atom is -0.281 e. The lowest BCUT2D eigenvalue weighted by molar-refractivity contribution is 0.742. The Bertz CT molecular complexity index is 1370. The van der Waals surface area contributed by atoms with Gasteiger partial charge < -0.3 is 0 Å². The number of benzene rings is 2. The predicted octanol–water partition coefficient (Wildman–Crippen LogP) is 4.97. The molecule has 8 nitrogen and oxygen atoms in total. The van der Waals surface area contributed by atoms with Crippen LogP contribution in [0.1, 0.15) is 31.4 Å². The molecule has 0 aliphatic heterocycles. The summed E-state index contributed by atoms with van der Waals surface area (Å²) in [5.74, 6) is 2.12. The van der Waals surface area contributed by atoms with E-state index in [0.717, 1.165) is 53.1 Å². The van der Waals surface area contributed by atoms with Crippen molar-refractivity contribution in [2.45, 2.75) is 33.1 Å². The Morgan fingerprint density at radius 1 is 0.969 bits per heavy atom. The van der Waals surface area contributed by atoms with E-state index in [4.69, 9.17) is 16.6 Å². The molecule has 0 atom stereocenters. The Hall–Kier alpha value is -3.65. The van der Waals surface area contributed by atoms with Crippen LogP contribution in [0.5, 0.6) is 0 Å². The molecule has 3 heterocycles. The lowest BCUT2D eigenvalue weighted by Crippen LogP contribution is -2.03. The second kappa shape index (κ2) is 8.47. The summed E-state index contributed by atoms with van der Waals surface area (Å²) in [5, 5.41) is 14.9. The van der Waals surface area contributed by atoms with Crippen LogP contribution in [0.25, 0.3) is 39.4 Å². The fourth-order valence-electron chi connectivity index (χ4n) is 3.84. The first-order chi connectivity index (χ1) is 15.7. The zero-order chi connectivity index (χ0) is 22.1. The van der Waals surface area contributed by atoms with Gasteiger partial charge in [0, 0.05) is 17.7 Å². The predicted molar refractivity (Wildman–Crippen MR) is 124 cm³/mol. The number of rotatable bonds is 6. The second-order valence-corrected chi connectivity index (χ2v) is 7.89. The number of hydrogen-bond donors (Lipinski definition) is 1. The number of nitrogens with one attached hydrogen (secondary N) is 1. The van der Waals surface area contributed by atoms with E-state index < -0.39 is 0 Å². The summed E-state index contributed by atoms with van der Waals surface area (Å²) in [6, 6.07) is 16.3. The summed E-state index contributed by atoms with van der Waals surface area (Å²) in [6.07, 6.45) is 2.95. The van der Waals surface area contributed by atoms with Gasteiger partial charge in [-0.2, -0.15) is 5.21 Å². The van der Waals surface area contributed by atoms with E-state index in [1.807, 2.05) is 25.1 Å². The molecule has 5 rings (SSSR count). The quantitative estimate of drug-likeness (QED) is 0.371. The molecule has 2 aromatic carbocycles. The van der Waals surface area contributed by atoms with Gasteiger partial charge in [-0.15, -0.1) is 10.2 Å². The van der Waals surface area contributed by atoms with Gasteiger partial charge in [-0.25, -0.2) is 15.0 Å². The van der Waals surface area contributed by atoms with Crippen molar-refractivity contribution in [2.24, 2.45) is 0 Å². The molecule has 0 saturated heterocycles. The number of H-pyrrole nitrogens is 1. The Labute approximate surface area is 189 Å². The molecule has 1 N–H and O–H groups in total. The van der Waals surface area contributed by atoms with Crippen molar-refractivity contribution in [2.75, 3.05) is 0 Å². The van der Waals surface area contributed by atoms with Crippen molar-refractivity contribution in [3.63, 3.8) is 0 Å². The molecule has 160 valence electrons. The number of aromatic nitrogens is 8. The Morgan fingerprint density at radius 2 is 1.75 bits per heavy atom. The molecule has 5 aromatic rings. The van der Waals surface area contributed by atoms with E-state index in [-0.39, 0.29) is 0 Å². The summed E-state index contributed by atoms with van der Waals surface area (Å²) in [7, 11) is 0. The highest BCUT2D eigenvalue weighted by molar-refractivity contribution is 6.33. The Morgan fingerprint density at radius 3 is 2.47 bits per heavy atom. The van der Waals surface area contributed by atoms with Gasteiger partial charge in [0.05, 0.1) is 0 Å². The number of unbranched alkanes of at least 4 members (excludes halogenated alkanes) is 1. The van der Waals surface area contributed by atoms with E-state index in [0.29, 0.717) is 22.3 Å². The highest BCUT2D eigenvalue weighted by Gasteiger charge is 2.18. The van der Waals surface area contributed by atoms with E-state index >= 15 is 0 Å². The number of hydrogen-bond acceptors (Lipinski definition) is 6.